The number of nitrogens with two attached hydrogens (primary N) is 2. The molecule has 0 fully saturated rings. The molecular weight excluding hydrogens is 994 g/mol. The second-order valence-electron chi connectivity index (χ2n) is 17.1. The van der Waals surface area contributed by atoms with Crippen LogP contribution in [0.25, 0.3) is 0 Å². The quantitative estimate of drug-likeness (QED) is 0.0268. The van der Waals surface area contributed by atoms with Crippen molar-refractivity contribution in [3.05, 3.63) is 106 Å². The van der Waals surface area contributed by atoms with Crippen LogP contribution in [-0.4, -0.2) is 86.2 Å². The zero-order valence-electron chi connectivity index (χ0n) is 40.9. The molecule has 20 heteroatoms. The smallest absolute Gasteiger partial charge is 0.407 e. The lowest BCUT2D eigenvalue weighted by Crippen LogP contribution is -2.56. The van der Waals surface area contributed by atoms with Gasteiger partial charge in [-0.3, -0.25) is 19.2 Å². The molecule has 0 aromatic heterocycles. The molecule has 10 N–H and O–H groups in total. The van der Waals surface area contributed by atoms with Crippen molar-refractivity contribution in [2.75, 3.05) is 26.2 Å². The predicted molar refractivity (Wildman–Crippen MR) is 285 cm³/mol. The summed E-state index contributed by atoms with van der Waals surface area (Å²) in [7, 11) is 0. The van der Waals surface area contributed by atoms with E-state index in [9.17, 15) is 28.8 Å². The van der Waals surface area contributed by atoms with E-state index in [0.717, 1.165) is 37.7 Å². The fourth-order valence-corrected chi connectivity index (χ4v) is 7.56. The molecule has 396 valence electrons. The predicted octanol–water partition coefficient (Wildman–Crippen LogP) is 7.96. The summed E-state index contributed by atoms with van der Waals surface area (Å²) in [6, 6.07) is 19.9. The average molecular weight is 1070 g/mol. The number of unbranched alkanes of at least 4 members (excludes halogenated alkanes) is 8. The fraction of sp³-hybridized carbons (Fsp3) is 0.529. The minimum atomic E-state index is -1.03. The Morgan fingerprint density at radius 1 is 0.479 bits per heavy atom. The number of nitrogens with one attached hydrogen (secondary N) is 6. The number of benzene rings is 3. The first-order valence-electron chi connectivity index (χ1n) is 24.4. The van der Waals surface area contributed by atoms with E-state index in [2.05, 4.69) is 38.8 Å². The summed E-state index contributed by atoms with van der Waals surface area (Å²) in [4.78, 5) is 78.1. The lowest BCUT2D eigenvalue weighted by Gasteiger charge is -2.24. The summed E-state index contributed by atoms with van der Waals surface area (Å²) in [5.74, 6) is -1.69. The highest BCUT2D eigenvalue weighted by Crippen LogP contribution is 2.17. The second-order valence-corrected chi connectivity index (χ2v) is 17.9. The summed E-state index contributed by atoms with van der Waals surface area (Å²) in [5.41, 5.74) is 14.7. The van der Waals surface area contributed by atoms with Crippen molar-refractivity contribution in [2.45, 2.75) is 147 Å². The molecule has 0 aliphatic rings. The van der Waals surface area contributed by atoms with Crippen LogP contribution in [0.4, 0.5) is 9.59 Å². The Kier molecular flexibility index (Phi) is 35.1. The van der Waals surface area contributed by atoms with Gasteiger partial charge < -0.3 is 52.8 Å². The molecule has 0 bridgehead atoms. The maximum Gasteiger partial charge on any atom is 0.407 e. The first-order valence-corrected chi connectivity index (χ1v) is 25.1. The first-order chi connectivity index (χ1) is 33.4. The van der Waals surface area contributed by atoms with Gasteiger partial charge in [-0.25, -0.2) is 9.59 Å². The second kappa shape index (κ2) is 38.8. The van der Waals surface area contributed by atoms with E-state index in [1.54, 1.807) is 42.5 Å². The highest BCUT2D eigenvalue weighted by molar-refractivity contribution is 6.31. The van der Waals surface area contributed by atoms with Gasteiger partial charge in [-0.15, -0.1) is 24.8 Å². The van der Waals surface area contributed by atoms with Crippen molar-refractivity contribution in [3.63, 3.8) is 0 Å². The third-order valence-corrected chi connectivity index (χ3v) is 12.1. The van der Waals surface area contributed by atoms with Crippen LogP contribution in [0.2, 0.25) is 10.0 Å². The van der Waals surface area contributed by atoms with Gasteiger partial charge in [0.25, 0.3) is 0 Å². The van der Waals surface area contributed by atoms with Gasteiger partial charge in [0.1, 0.15) is 25.3 Å². The summed E-state index contributed by atoms with van der Waals surface area (Å²) in [6.07, 6.45) is 9.51. The molecule has 71 heavy (non-hydrogen) atoms. The number of rotatable bonds is 34. The summed E-state index contributed by atoms with van der Waals surface area (Å²) < 4.78 is 10.5. The number of carbonyl (C=O) groups is 6. The first kappa shape index (κ1) is 64.2. The molecule has 0 unspecified atom stereocenters. The highest BCUT2D eigenvalue weighted by Gasteiger charge is 2.28. The van der Waals surface area contributed by atoms with E-state index in [1.165, 1.54) is 6.42 Å². The fourth-order valence-electron chi connectivity index (χ4n) is 7.18. The number of amides is 6. The maximum atomic E-state index is 14.0. The van der Waals surface area contributed by atoms with E-state index in [0.29, 0.717) is 85.8 Å². The summed E-state index contributed by atoms with van der Waals surface area (Å²) >= 11 is 12.2. The molecule has 0 saturated heterocycles. The van der Waals surface area contributed by atoms with Crippen LogP contribution in [0.1, 0.15) is 120 Å². The van der Waals surface area contributed by atoms with Crippen LogP contribution in [0.3, 0.4) is 0 Å². The van der Waals surface area contributed by atoms with Gasteiger partial charge >= 0.3 is 12.2 Å². The number of carbonyl (C=O) groups excluding carboxylic acids is 6. The molecule has 3 rings (SSSR count). The third-order valence-electron chi connectivity index (χ3n) is 11.3. The molecule has 3 aromatic rings. The monoisotopic (exact) mass is 1070 g/mol. The van der Waals surface area contributed by atoms with E-state index >= 15 is 0 Å². The molecule has 0 heterocycles. The molecule has 16 nitrogen and oxygen atoms in total. The molecule has 0 saturated carbocycles. The van der Waals surface area contributed by atoms with Crippen LogP contribution in [0, 0.1) is 0 Å². The molecule has 0 aliphatic heterocycles. The van der Waals surface area contributed by atoms with Crippen LogP contribution in [0.5, 0.6) is 0 Å². The molecular formula is C51H76Cl4N8O8. The Bertz CT molecular complexity index is 2010. The minimum Gasteiger partial charge on any atom is -0.445 e. The Hall–Kier alpha value is -4.84. The number of hydrogen-bond donors (Lipinski definition) is 8. The largest absolute Gasteiger partial charge is 0.445 e. The molecule has 0 radical (unpaired) electrons. The number of ether oxygens (including phenoxy) is 2. The normalized spacial score (nSPS) is 12.3. The molecule has 4 atom stereocenters. The summed E-state index contributed by atoms with van der Waals surface area (Å²) in [6.45, 7) is 3.66. The number of alkyl carbamates (subject to hydrolysis) is 2. The number of halogens is 4. The van der Waals surface area contributed by atoms with Gasteiger partial charge in [-0.2, -0.15) is 0 Å². The van der Waals surface area contributed by atoms with E-state index in [-0.39, 0.29) is 75.6 Å². The van der Waals surface area contributed by atoms with Crippen molar-refractivity contribution in [1.82, 2.24) is 31.9 Å². The van der Waals surface area contributed by atoms with Crippen molar-refractivity contribution >= 4 is 83.8 Å². The van der Waals surface area contributed by atoms with Crippen LogP contribution in [-0.2, 0) is 48.3 Å². The van der Waals surface area contributed by atoms with Crippen molar-refractivity contribution in [3.8, 4) is 0 Å². The van der Waals surface area contributed by atoms with Crippen LogP contribution >= 0.6 is 48.0 Å². The molecule has 0 aliphatic carbocycles. The molecule has 6 amide bonds. The van der Waals surface area contributed by atoms with Gasteiger partial charge in [0, 0.05) is 53.8 Å². The van der Waals surface area contributed by atoms with E-state index in [4.69, 9.17) is 44.1 Å². The van der Waals surface area contributed by atoms with Crippen LogP contribution in [0.15, 0.2) is 78.9 Å². The van der Waals surface area contributed by atoms with Crippen LogP contribution < -0.4 is 43.4 Å². The Labute approximate surface area is 442 Å². The summed E-state index contributed by atoms with van der Waals surface area (Å²) in [5, 5.41) is 17.9. The van der Waals surface area contributed by atoms with Crippen molar-refractivity contribution in [1.29, 1.82) is 0 Å². The van der Waals surface area contributed by atoms with Gasteiger partial charge in [-0.05, 0) is 81.9 Å². The lowest BCUT2D eigenvalue weighted by molar-refractivity contribution is -0.132. The Balaban J connectivity index is 0.0000126. The number of hydrogen-bond acceptors (Lipinski definition) is 10. The minimum absolute atomic E-state index is 0. The SMILES string of the molecule is CCCCCCCCNC(=O)[C@H](Cc1ccccc1)NC(=O)[C@H](CCCCNC(=O)[C@@H](N)CCCCNC(=O)OCc1ccccc1Cl)NC(=O)[C@@H](N)CCCCNC(=O)OCc1ccccc1Cl.Cl.Cl. The zero-order valence-corrected chi connectivity index (χ0v) is 44.0. The maximum absolute atomic E-state index is 14.0. The Morgan fingerprint density at radius 3 is 1.44 bits per heavy atom. The zero-order chi connectivity index (χ0) is 50.1. The van der Waals surface area contributed by atoms with Gasteiger partial charge in [-0.1, -0.05) is 129 Å². The lowest BCUT2D eigenvalue weighted by atomic mass is 10.0. The van der Waals surface area contributed by atoms with Gasteiger partial charge in [0.15, 0.2) is 0 Å². The molecule has 3 aromatic carbocycles. The van der Waals surface area contributed by atoms with E-state index < -0.39 is 48.2 Å². The van der Waals surface area contributed by atoms with Crippen molar-refractivity contribution in [2.24, 2.45) is 11.5 Å². The van der Waals surface area contributed by atoms with Gasteiger partial charge in [0.2, 0.25) is 23.6 Å². The topological polar surface area (TPSA) is 245 Å². The molecule has 0 spiro atoms. The standard InChI is InChI=1S/C51H74Cl2N8O8.2ClH/c1-2-3-4-5-6-17-30-57-48(64)45(34-37-21-8-7-9-22-37)61-49(65)44(60-47(63)43(55)28-15-19-33-59-51(67)69-36-39-24-11-13-26-41(39)53)29-16-20-31-56-46(62)42(54)27-14-18-32-58-50(66)68-35-38-23-10-12-25-40(38)52;;/h7-13,21-26,42-45H,2-6,14-20,27-36,54-55H2,1H3,(H,56,62)(H,57,64)(H,58,66)(H,59,67)(H,60,63)(H,61,65);2*1H/t42-,43-,44-,45-;;/m0../s1. The van der Waals surface area contributed by atoms with Crippen molar-refractivity contribution < 1.29 is 38.2 Å². The average Bonchev–Trinajstić information content (AvgIpc) is 3.34. The third kappa shape index (κ3) is 28.1. The highest BCUT2D eigenvalue weighted by atomic mass is 35.5. The van der Waals surface area contributed by atoms with Gasteiger partial charge in [0.05, 0.1) is 12.1 Å². The van der Waals surface area contributed by atoms with E-state index in [1.807, 2.05) is 36.4 Å². The Morgan fingerprint density at radius 2 is 0.901 bits per heavy atom.